The van der Waals surface area contributed by atoms with Crippen molar-refractivity contribution in [1.82, 2.24) is 5.32 Å². The lowest BCUT2D eigenvalue weighted by molar-refractivity contribution is -0.140. The highest BCUT2D eigenvalue weighted by atomic mass is 16.5. The lowest BCUT2D eigenvalue weighted by Crippen LogP contribution is -2.27. The molecule has 0 unspecified atom stereocenters. The monoisotopic (exact) mass is 211 g/mol. The van der Waals surface area contributed by atoms with Crippen LogP contribution in [-0.4, -0.2) is 18.5 Å². The summed E-state index contributed by atoms with van der Waals surface area (Å²) in [4.78, 5) is 22.3. The van der Waals surface area contributed by atoms with Gasteiger partial charge in [0.15, 0.2) is 0 Å². The summed E-state index contributed by atoms with van der Waals surface area (Å²) < 4.78 is 4.66. The summed E-state index contributed by atoms with van der Waals surface area (Å²) in [5, 5.41) is 2.38. The highest BCUT2D eigenvalue weighted by Crippen LogP contribution is 1.97. The molecule has 4 nitrogen and oxygen atoms in total. The average molecular weight is 211 g/mol. The van der Waals surface area contributed by atoms with Crippen LogP contribution in [0.15, 0.2) is 24.9 Å². The Balaban J connectivity index is 3.80. The molecule has 0 saturated heterocycles. The molecule has 0 aliphatic rings. The summed E-state index contributed by atoms with van der Waals surface area (Å²) in [7, 11) is 0. The van der Waals surface area contributed by atoms with Crippen LogP contribution in [0.25, 0.3) is 0 Å². The van der Waals surface area contributed by atoms with Gasteiger partial charge in [0, 0.05) is 6.42 Å². The van der Waals surface area contributed by atoms with Crippen molar-refractivity contribution in [1.29, 1.82) is 0 Å². The number of rotatable bonds is 7. The number of hydrogen-bond donors (Lipinski definition) is 1. The number of hydrogen-bond acceptors (Lipinski definition) is 3. The van der Waals surface area contributed by atoms with Gasteiger partial charge in [-0.1, -0.05) is 12.7 Å². The van der Waals surface area contributed by atoms with Crippen LogP contribution in [0.3, 0.4) is 0 Å². The molecule has 0 aliphatic carbocycles. The molecule has 0 fully saturated rings. The Bertz CT molecular complexity index is 259. The first kappa shape index (κ1) is 13.4. The van der Waals surface area contributed by atoms with E-state index in [0.29, 0.717) is 12.8 Å². The molecular weight excluding hydrogens is 194 g/mol. The second-order valence-corrected chi connectivity index (χ2v) is 2.93. The zero-order valence-electron chi connectivity index (χ0n) is 9.04. The van der Waals surface area contributed by atoms with Gasteiger partial charge >= 0.3 is 5.97 Å². The molecule has 0 aliphatic heterocycles. The first-order chi connectivity index (χ1) is 7.11. The summed E-state index contributed by atoms with van der Waals surface area (Å²) in [6, 6.07) is 0. The highest BCUT2D eigenvalue weighted by Gasteiger charge is 2.10. The van der Waals surface area contributed by atoms with Crippen LogP contribution in [0, 0.1) is 0 Å². The summed E-state index contributed by atoms with van der Waals surface area (Å²) in [5.74, 6) is -0.815. The van der Waals surface area contributed by atoms with Crippen molar-refractivity contribution in [2.75, 3.05) is 6.61 Å². The molecule has 0 saturated carbocycles. The first-order valence-corrected chi connectivity index (χ1v) is 4.88. The van der Waals surface area contributed by atoms with Crippen LogP contribution in [-0.2, 0) is 14.3 Å². The zero-order valence-corrected chi connectivity index (χ0v) is 9.04. The lowest BCUT2D eigenvalue weighted by atomic mass is 10.2. The fourth-order valence-corrected chi connectivity index (χ4v) is 0.907. The van der Waals surface area contributed by atoms with E-state index in [0.717, 1.165) is 6.42 Å². The minimum atomic E-state index is -0.588. The number of esters is 1. The average Bonchev–Trinajstić information content (AvgIpc) is 2.18. The summed E-state index contributed by atoms with van der Waals surface area (Å²) >= 11 is 0. The number of amides is 1. The van der Waals surface area contributed by atoms with Gasteiger partial charge in [-0.2, -0.15) is 0 Å². The SMILES string of the molecule is C=CCCCC(=O)NC(=C)C(=O)OCC. The summed E-state index contributed by atoms with van der Waals surface area (Å²) in [5.41, 5.74) is -0.0135. The van der Waals surface area contributed by atoms with Gasteiger partial charge in [0.1, 0.15) is 5.70 Å². The van der Waals surface area contributed by atoms with Gasteiger partial charge < -0.3 is 10.1 Å². The van der Waals surface area contributed by atoms with E-state index in [1.165, 1.54) is 0 Å². The maximum atomic E-state index is 11.2. The Morgan fingerprint density at radius 1 is 1.47 bits per heavy atom. The normalized spacial score (nSPS) is 9.13. The third kappa shape index (κ3) is 6.49. The standard InChI is InChI=1S/C11H17NO3/c1-4-6-7-8-10(13)12-9(3)11(14)15-5-2/h4H,1,3,5-8H2,2H3,(H,12,13). The van der Waals surface area contributed by atoms with Gasteiger partial charge in [-0.25, -0.2) is 4.79 Å². The number of allylic oxidation sites excluding steroid dienone is 1. The molecule has 0 heterocycles. The predicted octanol–water partition coefficient (Wildman–Crippen LogP) is 1.54. The summed E-state index contributed by atoms with van der Waals surface area (Å²) in [6.07, 6.45) is 3.59. The number of nitrogens with one attached hydrogen (secondary N) is 1. The molecular formula is C11H17NO3. The topological polar surface area (TPSA) is 55.4 Å². The second kappa shape index (κ2) is 7.79. The van der Waals surface area contributed by atoms with E-state index in [4.69, 9.17) is 0 Å². The van der Waals surface area contributed by atoms with E-state index < -0.39 is 5.97 Å². The Kier molecular flexibility index (Phi) is 6.97. The van der Waals surface area contributed by atoms with Crippen molar-refractivity contribution in [2.24, 2.45) is 0 Å². The number of carbonyl (C=O) groups excluding carboxylic acids is 2. The van der Waals surface area contributed by atoms with Gasteiger partial charge in [-0.3, -0.25) is 4.79 Å². The zero-order chi connectivity index (χ0) is 11.7. The van der Waals surface area contributed by atoms with E-state index in [-0.39, 0.29) is 18.2 Å². The third-order valence-electron chi connectivity index (χ3n) is 1.62. The molecule has 0 radical (unpaired) electrons. The molecule has 1 amide bonds. The van der Waals surface area contributed by atoms with Crippen LogP contribution < -0.4 is 5.32 Å². The minimum Gasteiger partial charge on any atom is -0.461 e. The molecule has 0 rings (SSSR count). The van der Waals surface area contributed by atoms with Crippen LogP contribution in [0.1, 0.15) is 26.2 Å². The first-order valence-electron chi connectivity index (χ1n) is 4.88. The second-order valence-electron chi connectivity index (χ2n) is 2.93. The van der Waals surface area contributed by atoms with Crippen molar-refractivity contribution >= 4 is 11.9 Å². The van der Waals surface area contributed by atoms with Gasteiger partial charge in [-0.05, 0) is 19.8 Å². The lowest BCUT2D eigenvalue weighted by Gasteiger charge is -2.06. The van der Waals surface area contributed by atoms with Crippen LogP contribution >= 0.6 is 0 Å². The van der Waals surface area contributed by atoms with Gasteiger partial charge in [-0.15, -0.1) is 6.58 Å². The molecule has 0 aromatic carbocycles. The largest absolute Gasteiger partial charge is 0.461 e. The van der Waals surface area contributed by atoms with Crippen molar-refractivity contribution in [3.05, 3.63) is 24.9 Å². The molecule has 84 valence electrons. The predicted molar refractivity (Wildman–Crippen MR) is 58.0 cm³/mol. The maximum Gasteiger partial charge on any atom is 0.354 e. The van der Waals surface area contributed by atoms with Crippen LogP contribution in [0.5, 0.6) is 0 Å². The third-order valence-corrected chi connectivity index (χ3v) is 1.62. The van der Waals surface area contributed by atoms with Gasteiger partial charge in [0.2, 0.25) is 5.91 Å². The Hall–Kier alpha value is -1.58. The smallest absolute Gasteiger partial charge is 0.354 e. The molecule has 1 N–H and O–H groups in total. The molecule has 0 bridgehead atoms. The van der Waals surface area contributed by atoms with Crippen molar-refractivity contribution in [2.45, 2.75) is 26.2 Å². The van der Waals surface area contributed by atoms with E-state index >= 15 is 0 Å². The number of unbranched alkanes of at least 4 members (excludes halogenated alkanes) is 1. The summed E-state index contributed by atoms with van der Waals surface area (Å²) in [6.45, 7) is 8.92. The minimum absolute atomic E-state index is 0.0135. The highest BCUT2D eigenvalue weighted by molar-refractivity contribution is 5.93. The molecule has 0 atom stereocenters. The quantitative estimate of drug-likeness (QED) is 0.301. The fraction of sp³-hybridized carbons (Fsp3) is 0.455. The van der Waals surface area contributed by atoms with Gasteiger partial charge in [0.25, 0.3) is 0 Å². The molecule has 0 aromatic rings. The maximum absolute atomic E-state index is 11.2. The van der Waals surface area contributed by atoms with Crippen LogP contribution in [0.2, 0.25) is 0 Å². The van der Waals surface area contributed by atoms with Crippen molar-refractivity contribution in [3.63, 3.8) is 0 Å². The number of ether oxygens (including phenoxy) is 1. The van der Waals surface area contributed by atoms with E-state index in [2.05, 4.69) is 23.2 Å². The molecule has 15 heavy (non-hydrogen) atoms. The molecule has 4 heteroatoms. The number of carbonyl (C=O) groups is 2. The van der Waals surface area contributed by atoms with E-state index in [1.807, 2.05) is 0 Å². The molecule has 0 spiro atoms. The van der Waals surface area contributed by atoms with Crippen molar-refractivity contribution < 1.29 is 14.3 Å². The van der Waals surface area contributed by atoms with E-state index in [9.17, 15) is 9.59 Å². The van der Waals surface area contributed by atoms with Gasteiger partial charge in [0.05, 0.1) is 6.61 Å². The van der Waals surface area contributed by atoms with E-state index in [1.54, 1.807) is 13.0 Å². The fourth-order valence-electron chi connectivity index (χ4n) is 0.907. The Labute approximate surface area is 90.0 Å². The van der Waals surface area contributed by atoms with Crippen LogP contribution in [0.4, 0.5) is 0 Å². The Morgan fingerprint density at radius 3 is 2.67 bits per heavy atom. The Morgan fingerprint density at radius 2 is 2.13 bits per heavy atom. The van der Waals surface area contributed by atoms with Crippen molar-refractivity contribution in [3.8, 4) is 0 Å². The molecule has 0 aromatic heterocycles.